The summed E-state index contributed by atoms with van der Waals surface area (Å²) >= 11 is 0. The highest BCUT2D eigenvalue weighted by atomic mass is 16.6. The van der Waals surface area contributed by atoms with E-state index in [0.29, 0.717) is 6.42 Å². The predicted octanol–water partition coefficient (Wildman–Crippen LogP) is 3.95. The van der Waals surface area contributed by atoms with Crippen LogP contribution in [0.15, 0.2) is 0 Å². The minimum Gasteiger partial charge on any atom is -0.457 e. The van der Waals surface area contributed by atoms with Crippen LogP contribution in [0.4, 0.5) is 0 Å². The van der Waals surface area contributed by atoms with Crippen LogP contribution in [-0.2, 0) is 14.3 Å². The molecule has 0 amide bonds. The fraction of sp³-hybridized carbons (Fsp3) is 0.947. The van der Waals surface area contributed by atoms with E-state index in [9.17, 15) is 4.79 Å². The van der Waals surface area contributed by atoms with E-state index in [1.165, 1.54) is 64.2 Å². The number of aliphatic hydroxyl groups is 2. The molecule has 0 heterocycles. The highest BCUT2D eigenvalue weighted by molar-refractivity contribution is 5.69. The van der Waals surface area contributed by atoms with Crippen molar-refractivity contribution in [2.45, 2.75) is 96.5 Å². The Morgan fingerprint density at radius 2 is 1.33 bits per heavy atom. The Kier molecular flexibility index (Phi) is 18.2. The van der Waals surface area contributed by atoms with Gasteiger partial charge < -0.3 is 19.7 Å². The van der Waals surface area contributed by atoms with Crippen molar-refractivity contribution in [3.8, 4) is 0 Å². The second kappa shape index (κ2) is 18.7. The Labute approximate surface area is 147 Å². The van der Waals surface area contributed by atoms with Crippen molar-refractivity contribution in [1.82, 2.24) is 0 Å². The summed E-state index contributed by atoms with van der Waals surface area (Å²) in [5.41, 5.74) is 0. The van der Waals surface area contributed by atoms with Gasteiger partial charge in [-0.2, -0.15) is 0 Å². The minimum absolute atomic E-state index is 0.0250. The van der Waals surface area contributed by atoms with E-state index in [1.54, 1.807) is 0 Å². The summed E-state index contributed by atoms with van der Waals surface area (Å²) in [6.07, 6.45) is 14.8. The Bertz CT molecular complexity index is 270. The van der Waals surface area contributed by atoms with Gasteiger partial charge in [-0.25, -0.2) is 0 Å². The van der Waals surface area contributed by atoms with Gasteiger partial charge in [-0.15, -0.1) is 0 Å². The maximum absolute atomic E-state index is 11.6. The summed E-state index contributed by atoms with van der Waals surface area (Å²) < 4.78 is 9.80. The van der Waals surface area contributed by atoms with E-state index in [1.807, 2.05) is 0 Å². The van der Waals surface area contributed by atoms with Crippen molar-refractivity contribution >= 4 is 5.97 Å². The van der Waals surface area contributed by atoms with Crippen molar-refractivity contribution in [3.63, 3.8) is 0 Å². The molecule has 24 heavy (non-hydrogen) atoms. The highest BCUT2D eigenvalue weighted by Gasteiger charge is 2.13. The SMILES string of the molecule is CCCCCCCCCCCCCCC(=O)O[C@H](CO)COCO. The van der Waals surface area contributed by atoms with Crippen LogP contribution in [0.1, 0.15) is 90.4 Å². The third-order valence-corrected chi connectivity index (χ3v) is 4.13. The molecular weight excluding hydrogens is 308 g/mol. The van der Waals surface area contributed by atoms with E-state index >= 15 is 0 Å². The average molecular weight is 347 g/mol. The van der Waals surface area contributed by atoms with Gasteiger partial charge >= 0.3 is 5.97 Å². The zero-order valence-electron chi connectivity index (χ0n) is 15.5. The summed E-state index contributed by atoms with van der Waals surface area (Å²) in [6, 6.07) is 0. The molecule has 0 unspecified atom stereocenters. The molecule has 5 heteroatoms. The van der Waals surface area contributed by atoms with Gasteiger partial charge in [-0.05, 0) is 6.42 Å². The van der Waals surface area contributed by atoms with Crippen molar-refractivity contribution in [2.75, 3.05) is 20.0 Å². The van der Waals surface area contributed by atoms with Crippen LogP contribution in [0, 0.1) is 0 Å². The van der Waals surface area contributed by atoms with Crippen LogP contribution in [0.2, 0.25) is 0 Å². The van der Waals surface area contributed by atoms with Crippen LogP contribution in [-0.4, -0.2) is 42.3 Å². The average Bonchev–Trinajstić information content (AvgIpc) is 2.59. The maximum Gasteiger partial charge on any atom is 0.306 e. The largest absolute Gasteiger partial charge is 0.457 e. The van der Waals surface area contributed by atoms with Crippen molar-refractivity contribution in [1.29, 1.82) is 0 Å². The van der Waals surface area contributed by atoms with Gasteiger partial charge in [0.25, 0.3) is 0 Å². The van der Waals surface area contributed by atoms with Crippen molar-refractivity contribution < 1.29 is 24.5 Å². The Morgan fingerprint density at radius 3 is 1.79 bits per heavy atom. The molecule has 0 bridgehead atoms. The number of aliphatic hydroxyl groups excluding tert-OH is 2. The van der Waals surface area contributed by atoms with Gasteiger partial charge in [-0.1, -0.05) is 77.6 Å². The number of carbonyl (C=O) groups is 1. The maximum atomic E-state index is 11.6. The fourth-order valence-corrected chi connectivity index (χ4v) is 2.66. The van der Waals surface area contributed by atoms with Gasteiger partial charge in [0, 0.05) is 6.42 Å². The van der Waals surface area contributed by atoms with Crippen LogP contribution >= 0.6 is 0 Å². The van der Waals surface area contributed by atoms with Gasteiger partial charge in [-0.3, -0.25) is 4.79 Å². The zero-order valence-corrected chi connectivity index (χ0v) is 15.5. The van der Waals surface area contributed by atoms with Crippen molar-refractivity contribution in [3.05, 3.63) is 0 Å². The first-order valence-corrected chi connectivity index (χ1v) is 9.73. The van der Waals surface area contributed by atoms with E-state index in [-0.39, 0.29) is 19.2 Å². The smallest absolute Gasteiger partial charge is 0.306 e. The molecule has 0 aliphatic heterocycles. The Hall–Kier alpha value is -0.650. The molecule has 0 saturated carbocycles. The molecular formula is C19H38O5. The Balaban J connectivity index is 3.32. The normalized spacial score (nSPS) is 12.3. The third-order valence-electron chi connectivity index (χ3n) is 4.13. The number of hydrogen-bond acceptors (Lipinski definition) is 5. The van der Waals surface area contributed by atoms with Crippen LogP contribution in [0.25, 0.3) is 0 Å². The third kappa shape index (κ3) is 16.2. The molecule has 0 aromatic carbocycles. The molecule has 0 aliphatic carbocycles. The first-order chi connectivity index (χ1) is 11.7. The number of rotatable bonds is 18. The second-order valence-corrected chi connectivity index (χ2v) is 6.43. The van der Waals surface area contributed by atoms with Gasteiger partial charge in [0.05, 0.1) is 13.2 Å². The molecule has 0 aromatic heterocycles. The minimum atomic E-state index is -0.679. The lowest BCUT2D eigenvalue weighted by Crippen LogP contribution is -2.27. The lowest BCUT2D eigenvalue weighted by molar-refractivity contribution is -0.157. The molecule has 1 atom stereocenters. The summed E-state index contributed by atoms with van der Waals surface area (Å²) in [5, 5.41) is 17.6. The van der Waals surface area contributed by atoms with Gasteiger partial charge in [0.1, 0.15) is 12.9 Å². The molecule has 0 spiro atoms. The monoisotopic (exact) mass is 346 g/mol. The van der Waals surface area contributed by atoms with Gasteiger partial charge in [0.15, 0.2) is 0 Å². The topological polar surface area (TPSA) is 76.0 Å². The van der Waals surface area contributed by atoms with Crippen LogP contribution < -0.4 is 0 Å². The van der Waals surface area contributed by atoms with E-state index in [2.05, 4.69) is 6.92 Å². The van der Waals surface area contributed by atoms with Crippen LogP contribution in [0.5, 0.6) is 0 Å². The number of hydrogen-bond donors (Lipinski definition) is 2. The first kappa shape index (κ1) is 23.4. The second-order valence-electron chi connectivity index (χ2n) is 6.43. The quantitative estimate of drug-likeness (QED) is 0.223. The number of carbonyl (C=O) groups excluding carboxylic acids is 1. The molecule has 0 saturated heterocycles. The fourth-order valence-electron chi connectivity index (χ4n) is 2.66. The lowest BCUT2D eigenvalue weighted by atomic mass is 10.0. The van der Waals surface area contributed by atoms with E-state index < -0.39 is 12.9 Å². The summed E-state index contributed by atoms with van der Waals surface area (Å²) in [4.78, 5) is 11.6. The predicted molar refractivity (Wildman–Crippen MR) is 95.7 cm³/mol. The lowest BCUT2D eigenvalue weighted by Gasteiger charge is -2.14. The summed E-state index contributed by atoms with van der Waals surface area (Å²) in [5.74, 6) is -0.303. The van der Waals surface area contributed by atoms with E-state index in [4.69, 9.17) is 19.7 Å². The first-order valence-electron chi connectivity index (χ1n) is 9.73. The van der Waals surface area contributed by atoms with Crippen LogP contribution in [0.3, 0.4) is 0 Å². The molecule has 0 aliphatic rings. The van der Waals surface area contributed by atoms with Gasteiger partial charge in [0.2, 0.25) is 0 Å². The molecule has 0 rings (SSSR count). The van der Waals surface area contributed by atoms with Crippen molar-refractivity contribution in [2.24, 2.45) is 0 Å². The number of esters is 1. The molecule has 144 valence electrons. The number of unbranched alkanes of at least 4 members (excludes halogenated alkanes) is 11. The van der Waals surface area contributed by atoms with E-state index in [0.717, 1.165) is 12.8 Å². The molecule has 0 fully saturated rings. The molecule has 0 aromatic rings. The summed E-state index contributed by atoms with van der Waals surface area (Å²) in [7, 11) is 0. The molecule has 2 N–H and O–H groups in total. The number of ether oxygens (including phenoxy) is 2. The summed E-state index contributed by atoms with van der Waals surface area (Å²) in [6.45, 7) is 1.55. The highest BCUT2D eigenvalue weighted by Crippen LogP contribution is 2.12. The zero-order chi connectivity index (χ0) is 17.9. The standard InChI is InChI=1S/C19H38O5/c1-2-3-4-5-6-7-8-9-10-11-12-13-14-19(22)24-18(15-20)16-23-17-21/h18,20-21H,2-17H2,1H3/t18-/m1/s1. The Morgan fingerprint density at radius 1 is 0.833 bits per heavy atom. The molecule has 0 radical (unpaired) electrons. The molecule has 5 nitrogen and oxygen atoms in total.